The van der Waals surface area contributed by atoms with Crippen LogP contribution >= 0.6 is 28.3 Å². The van der Waals surface area contributed by atoms with Crippen molar-refractivity contribution >= 4 is 38.4 Å². The highest BCUT2D eigenvalue weighted by atomic mass is 79.9. The topological polar surface area (TPSA) is 72.2 Å². The van der Waals surface area contributed by atoms with Gasteiger partial charge in [-0.05, 0) is 40.5 Å². The monoisotopic (exact) mass is 328 g/mol. The number of sulfonamides is 1. The van der Waals surface area contributed by atoms with Gasteiger partial charge in [0.1, 0.15) is 0 Å². The fourth-order valence-corrected chi connectivity index (χ4v) is 3.33. The minimum atomic E-state index is -3.45. The number of hydrogen-bond donors (Lipinski definition) is 2. The summed E-state index contributed by atoms with van der Waals surface area (Å²) in [6.07, 6.45) is 0. The molecule has 3 N–H and O–H groups in total. The van der Waals surface area contributed by atoms with E-state index in [-0.39, 0.29) is 30.4 Å². The van der Waals surface area contributed by atoms with Gasteiger partial charge >= 0.3 is 0 Å². The summed E-state index contributed by atoms with van der Waals surface area (Å²) in [5.74, 6) is 0. The molecule has 0 unspecified atom stereocenters. The molecule has 0 aromatic heterocycles. The third-order valence-corrected chi connectivity index (χ3v) is 4.25. The van der Waals surface area contributed by atoms with Crippen LogP contribution in [0.2, 0.25) is 0 Å². The predicted octanol–water partition coefficient (Wildman–Crippen LogP) is 1.42. The first-order chi connectivity index (χ1) is 6.97. The molecule has 7 heteroatoms. The maximum Gasteiger partial charge on any atom is 0.241 e. The van der Waals surface area contributed by atoms with E-state index in [4.69, 9.17) is 5.73 Å². The molecule has 0 heterocycles. The third kappa shape index (κ3) is 4.03. The van der Waals surface area contributed by atoms with Gasteiger partial charge in [0, 0.05) is 17.6 Å². The second kappa shape index (κ2) is 6.56. The van der Waals surface area contributed by atoms with Crippen molar-refractivity contribution in [2.45, 2.75) is 11.8 Å². The Balaban J connectivity index is 0.00000225. The Bertz CT molecular complexity index is 451. The van der Waals surface area contributed by atoms with E-state index in [9.17, 15) is 8.42 Å². The zero-order valence-electron chi connectivity index (χ0n) is 8.73. The standard InChI is InChI=1S/C9H13BrN2O2S.ClH/c1-7-2-3-9(8(10)6-7)15(13,14)12-5-4-11;/h2-3,6,12H,4-5,11H2,1H3;1H. The molecule has 0 amide bonds. The van der Waals surface area contributed by atoms with Gasteiger partial charge in [0.2, 0.25) is 10.0 Å². The number of halogens is 2. The summed E-state index contributed by atoms with van der Waals surface area (Å²) in [7, 11) is -3.45. The van der Waals surface area contributed by atoms with Gasteiger partial charge in [-0.2, -0.15) is 0 Å². The SMILES string of the molecule is Cc1ccc(S(=O)(=O)NCCN)c(Br)c1.Cl. The highest BCUT2D eigenvalue weighted by Gasteiger charge is 2.16. The van der Waals surface area contributed by atoms with E-state index >= 15 is 0 Å². The van der Waals surface area contributed by atoms with Crippen molar-refractivity contribution in [3.63, 3.8) is 0 Å². The molecular weight excluding hydrogens is 316 g/mol. The molecular formula is C9H14BrClN2O2S. The van der Waals surface area contributed by atoms with Crippen LogP contribution in [-0.2, 0) is 10.0 Å². The van der Waals surface area contributed by atoms with Crippen LogP contribution in [0, 0.1) is 6.92 Å². The van der Waals surface area contributed by atoms with E-state index in [2.05, 4.69) is 20.7 Å². The molecule has 0 saturated carbocycles. The lowest BCUT2D eigenvalue weighted by atomic mass is 10.2. The third-order valence-electron chi connectivity index (χ3n) is 1.81. The van der Waals surface area contributed by atoms with Crippen LogP contribution in [0.25, 0.3) is 0 Å². The molecule has 4 nitrogen and oxygen atoms in total. The molecule has 0 atom stereocenters. The van der Waals surface area contributed by atoms with Crippen LogP contribution in [-0.4, -0.2) is 21.5 Å². The maximum atomic E-state index is 11.7. The summed E-state index contributed by atoms with van der Waals surface area (Å²) in [6.45, 7) is 2.42. The van der Waals surface area contributed by atoms with Crippen molar-refractivity contribution in [2.24, 2.45) is 5.73 Å². The zero-order valence-corrected chi connectivity index (χ0v) is 12.0. The molecule has 0 spiro atoms. The second-order valence-corrected chi connectivity index (χ2v) is 5.71. The van der Waals surface area contributed by atoms with Gasteiger partial charge in [0.05, 0.1) is 4.90 Å². The number of benzene rings is 1. The Morgan fingerprint density at radius 2 is 2.06 bits per heavy atom. The normalized spacial score (nSPS) is 10.9. The first kappa shape index (κ1) is 15.9. The molecule has 92 valence electrons. The van der Waals surface area contributed by atoms with E-state index in [1.807, 2.05) is 6.92 Å². The maximum absolute atomic E-state index is 11.7. The van der Waals surface area contributed by atoms with Crippen molar-refractivity contribution in [1.82, 2.24) is 4.72 Å². The molecule has 16 heavy (non-hydrogen) atoms. The minimum Gasteiger partial charge on any atom is -0.329 e. The molecule has 1 aromatic rings. The average molecular weight is 330 g/mol. The minimum absolute atomic E-state index is 0. The summed E-state index contributed by atoms with van der Waals surface area (Å²) in [6, 6.07) is 5.08. The fourth-order valence-electron chi connectivity index (χ4n) is 1.09. The Morgan fingerprint density at radius 1 is 1.44 bits per heavy atom. The first-order valence-corrected chi connectivity index (χ1v) is 6.71. The molecule has 0 radical (unpaired) electrons. The Labute approximate surface area is 110 Å². The highest BCUT2D eigenvalue weighted by Crippen LogP contribution is 2.22. The Hall–Kier alpha value is -0.140. The van der Waals surface area contributed by atoms with E-state index < -0.39 is 10.0 Å². The second-order valence-electron chi connectivity index (χ2n) is 3.12. The van der Waals surface area contributed by atoms with E-state index in [0.717, 1.165) is 5.56 Å². The average Bonchev–Trinajstić information content (AvgIpc) is 2.14. The summed E-state index contributed by atoms with van der Waals surface area (Å²) in [5.41, 5.74) is 6.24. The summed E-state index contributed by atoms with van der Waals surface area (Å²) in [5, 5.41) is 0. The van der Waals surface area contributed by atoms with E-state index in [1.165, 1.54) is 0 Å². The number of nitrogens with two attached hydrogens (primary N) is 1. The predicted molar refractivity (Wildman–Crippen MR) is 70.4 cm³/mol. The molecule has 0 aliphatic rings. The quantitative estimate of drug-likeness (QED) is 0.877. The number of rotatable bonds is 4. The van der Waals surface area contributed by atoms with Gasteiger partial charge in [0.25, 0.3) is 0 Å². The van der Waals surface area contributed by atoms with Gasteiger partial charge in [-0.15, -0.1) is 12.4 Å². The molecule has 0 fully saturated rings. The molecule has 0 aliphatic carbocycles. The van der Waals surface area contributed by atoms with Crippen LogP contribution in [0.4, 0.5) is 0 Å². The van der Waals surface area contributed by atoms with Crippen molar-refractivity contribution in [1.29, 1.82) is 0 Å². The van der Waals surface area contributed by atoms with Crippen LogP contribution in [0.1, 0.15) is 5.56 Å². The van der Waals surface area contributed by atoms with Crippen molar-refractivity contribution in [2.75, 3.05) is 13.1 Å². The largest absolute Gasteiger partial charge is 0.329 e. The van der Waals surface area contributed by atoms with Crippen LogP contribution < -0.4 is 10.5 Å². The lowest BCUT2D eigenvalue weighted by Crippen LogP contribution is -2.29. The first-order valence-electron chi connectivity index (χ1n) is 4.43. The van der Waals surface area contributed by atoms with Crippen LogP contribution in [0.3, 0.4) is 0 Å². The van der Waals surface area contributed by atoms with Gasteiger partial charge in [-0.25, -0.2) is 13.1 Å². The molecule has 1 rings (SSSR count). The smallest absolute Gasteiger partial charge is 0.241 e. The Morgan fingerprint density at radius 3 is 2.56 bits per heavy atom. The van der Waals surface area contributed by atoms with Crippen molar-refractivity contribution in [3.8, 4) is 0 Å². The highest BCUT2D eigenvalue weighted by molar-refractivity contribution is 9.10. The lowest BCUT2D eigenvalue weighted by Gasteiger charge is -2.07. The number of hydrogen-bond acceptors (Lipinski definition) is 3. The van der Waals surface area contributed by atoms with Gasteiger partial charge in [-0.1, -0.05) is 6.07 Å². The van der Waals surface area contributed by atoms with Gasteiger partial charge < -0.3 is 5.73 Å². The zero-order chi connectivity index (χ0) is 11.5. The summed E-state index contributed by atoms with van der Waals surface area (Å²) < 4.78 is 26.4. The van der Waals surface area contributed by atoms with E-state index in [0.29, 0.717) is 4.47 Å². The van der Waals surface area contributed by atoms with Gasteiger partial charge in [-0.3, -0.25) is 0 Å². The molecule has 1 aromatic carbocycles. The van der Waals surface area contributed by atoms with Gasteiger partial charge in [0.15, 0.2) is 0 Å². The van der Waals surface area contributed by atoms with Crippen molar-refractivity contribution in [3.05, 3.63) is 28.2 Å². The molecule has 0 saturated heterocycles. The number of nitrogens with one attached hydrogen (secondary N) is 1. The summed E-state index contributed by atoms with van der Waals surface area (Å²) in [4.78, 5) is 0.238. The Kier molecular flexibility index (Phi) is 6.50. The van der Waals surface area contributed by atoms with E-state index in [1.54, 1.807) is 18.2 Å². The van der Waals surface area contributed by atoms with Crippen LogP contribution in [0.15, 0.2) is 27.6 Å². The lowest BCUT2D eigenvalue weighted by molar-refractivity contribution is 0.581. The van der Waals surface area contributed by atoms with Crippen molar-refractivity contribution < 1.29 is 8.42 Å². The molecule has 0 aliphatic heterocycles. The summed E-state index contributed by atoms with van der Waals surface area (Å²) >= 11 is 3.22. The number of aryl methyl sites for hydroxylation is 1. The fraction of sp³-hybridized carbons (Fsp3) is 0.333. The molecule has 0 bridgehead atoms. The van der Waals surface area contributed by atoms with Crippen LogP contribution in [0.5, 0.6) is 0 Å².